The van der Waals surface area contributed by atoms with Gasteiger partial charge in [-0.25, -0.2) is 16.8 Å². The number of carbonyl (C=O) groups is 2. The van der Waals surface area contributed by atoms with E-state index < -0.39 is 19.7 Å². The largest absolute Gasteiger partial charge is 0.311 e. The Labute approximate surface area is 415 Å². The molecule has 10 aromatic carbocycles. The van der Waals surface area contributed by atoms with Crippen molar-refractivity contribution in [2.24, 2.45) is 0 Å². The van der Waals surface area contributed by atoms with Crippen LogP contribution in [0, 0.1) is 0 Å². The Morgan fingerprint density at radius 2 is 0.694 bits per heavy atom. The van der Waals surface area contributed by atoms with Gasteiger partial charge in [0.25, 0.3) is 0 Å². The fraction of sp³-hybridized carbons (Fsp3) is 0. The molecule has 0 fully saturated rings. The van der Waals surface area contributed by atoms with Gasteiger partial charge in [-0.2, -0.15) is 0 Å². The summed E-state index contributed by atoms with van der Waals surface area (Å²) in [5, 5.41) is 2.13. The van der Waals surface area contributed by atoms with Crippen molar-refractivity contribution < 1.29 is 26.4 Å². The number of sulfone groups is 2. The Hall–Kier alpha value is -8.96. The molecular weight excluding hydrogens is 933 g/mol. The van der Waals surface area contributed by atoms with Crippen LogP contribution in [0.25, 0.3) is 60.9 Å². The summed E-state index contributed by atoms with van der Waals surface area (Å²) in [5.41, 5.74) is 11.0. The number of para-hydroxylation sites is 3. The van der Waals surface area contributed by atoms with Gasteiger partial charge in [0.15, 0.2) is 11.6 Å². The van der Waals surface area contributed by atoms with Crippen molar-refractivity contribution >= 4 is 70.1 Å². The first kappa shape index (κ1) is 43.1. The molecule has 72 heavy (non-hydrogen) atoms. The number of nitrogens with zero attached hydrogens (tertiary/aromatic N) is 2. The van der Waals surface area contributed by atoms with E-state index in [4.69, 9.17) is 0 Å². The zero-order valence-electron chi connectivity index (χ0n) is 38.1. The summed E-state index contributed by atoms with van der Waals surface area (Å²) in [6.07, 6.45) is 0. The highest BCUT2D eigenvalue weighted by Gasteiger charge is 2.36. The molecule has 0 radical (unpaired) electrons. The molecule has 2 aliphatic rings. The van der Waals surface area contributed by atoms with E-state index in [9.17, 15) is 26.4 Å². The highest BCUT2D eigenvalue weighted by molar-refractivity contribution is 7.92. The topological polar surface area (TPSA) is 111 Å². The van der Waals surface area contributed by atoms with Crippen LogP contribution in [0.2, 0.25) is 0 Å². The first-order chi connectivity index (χ1) is 35.0. The third kappa shape index (κ3) is 6.71. The van der Waals surface area contributed by atoms with Crippen LogP contribution in [-0.4, -0.2) is 33.0 Å². The van der Waals surface area contributed by atoms with E-state index in [1.54, 1.807) is 60.7 Å². The van der Waals surface area contributed by atoms with Gasteiger partial charge in [0, 0.05) is 55.8 Å². The number of anilines is 3. The molecule has 0 bridgehead atoms. The van der Waals surface area contributed by atoms with Gasteiger partial charge in [-0.05, 0) is 149 Å². The Balaban J connectivity index is 0.809. The second kappa shape index (κ2) is 16.3. The summed E-state index contributed by atoms with van der Waals surface area (Å²) < 4.78 is 57.6. The Morgan fingerprint density at radius 1 is 0.306 bits per heavy atom. The fourth-order valence-corrected chi connectivity index (χ4v) is 13.7. The smallest absolute Gasteiger partial charge is 0.208 e. The molecule has 344 valence electrons. The van der Waals surface area contributed by atoms with Crippen LogP contribution in [0.1, 0.15) is 31.8 Å². The lowest BCUT2D eigenvalue weighted by Gasteiger charge is -2.26. The molecule has 10 heteroatoms. The van der Waals surface area contributed by atoms with Crippen LogP contribution < -0.4 is 4.90 Å². The van der Waals surface area contributed by atoms with Gasteiger partial charge in [-0.1, -0.05) is 115 Å². The zero-order chi connectivity index (χ0) is 48.9. The second-order valence-electron chi connectivity index (χ2n) is 18.0. The standard InChI is InChI=1S/C62H38N2O6S2/c65-61-50-16-8-10-18-57(50)71(67,68)58-32-24-41(36-52(58)61)39-19-27-47(28-20-39)63(45-11-3-1-4-12-45)48-29-21-40(22-30-48)42-25-33-59-53(37-42)62(66)54-38-44(26-34-60(54)72(59,69)70)43-23-31-56-51(35-43)49-15-7-9-17-55(49)64(56)46-13-5-2-6-14-46/h1-38H. The first-order valence-electron chi connectivity index (χ1n) is 23.3. The molecule has 2 aliphatic heterocycles. The van der Waals surface area contributed by atoms with Crippen molar-refractivity contribution in [3.05, 3.63) is 253 Å². The molecule has 0 aliphatic carbocycles. The van der Waals surface area contributed by atoms with Gasteiger partial charge in [-0.3, -0.25) is 9.59 Å². The van der Waals surface area contributed by atoms with Gasteiger partial charge in [0.05, 0.1) is 30.6 Å². The highest BCUT2D eigenvalue weighted by atomic mass is 32.2. The van der Waals surface area contributed by atoms with E-state index >= 15 is 0 Å². The van der Waals surface area contributed by atoms with Crippen LogP contribution >= 0.6 is 0 Å². The molecule has 0 saturated heterocycles. The molecule has 0 spiro atoms. The minimum Gasteiger partial charge on any atom is -0.311 e. The summed E-state index contributed by atoms with van der Waals surface area (Å²) in [4.78, 5) is 30.2. The number of hydrogen-bond donors (Lipinski definition) is 0. The molecule has 3 heterocycles. The quantitative estimate of drug-likeness (QED) is 0.156. The minimum absolute atomic E-state index is 0.00366. The third-order valence-electron chi connectivity index (χ3n) is 13.9. The summed E-state index contributed by atoms with van der Waals surface area (Å²) in [6.45, 7) is 0. The van der Waals surface area contributed by atoms with Crippen LogP contribution in [0.4, 0.5) is 17.1 Å². The highest BCUT2D eigenvalue weighted by Crippen LogP contribution is 2.43. The maximum Gasteiger partial charge on any atom is 0.208 e. The number of aromatic nitrogens is 1. The van der Waals surface area contributed by atoms with E-state index in [1.165, 1.54) is 18.2 Å². The van der Waals surface area contributed by atoms with Gasteiger partial charge >= 0.3 is 0 Å². The number of hydrogen-bond acceptors (Lipinski definition) is 7. The summed E-state index contributed by atoms with van der Waals surface area (Å²) in [5.74, 6) is -0.679. The van der Waals surface area contributed by atoms with Gasteiger partial charge in [0.1, 0.15) is 0 Å². The van der Waals surface area contributed by atoms with Crippen molar-refractivity contribution in [2.45, 2.75) is 19.6 Å². The summed E-state index contributed by atoms with van der Waals surface area (Å²) in [7, 11) is -7.86. The van der Waals surface area contributed by atoms with Crippen LogP contribution in [0.5, 0.6) is 0 Å². The molecule has 8 nitrogen and oxygen atoms in total. The van der Waals surface area contributed by atoms with Crippen molar-refractivity contribution in [3.63, 3.8) is 0 Å². The van der Waals surface area contributed by atoms with E-state index in [1.807, 2.05) is 115 Å². The van der Waals surface area contributed by atoms with Crippen LogP contribution in [-0.2, 0) is 19.7 Å². The van der Waals surface area contributed by atoms with E-state index in [0.29, 0.717) is 11.1 Å². The second-order valence-corrected chi connectivity index (χ2v) is 21.8. The predicted molar refractivity (Wildman–Crippen MR) is 282 cm³/mol. The van der Waals surface area contributed by atoms with Crippen molar-refractivity contribution in [1.29, 1.82) is 0 Å². The molecule has 0 amide bonds. The Kier molecular flexibility index (Phi) is 9.76. The minimum atomic E-state index is -4.02. The SMILES string of the molecule is O=C1c2ccccc2S(=O)(=O)c2ccc(-c3ccc(N(c4ccccc4)c4ccc(-c5ccc6c(c5)C(=O)c5cc(-c7ccc8c(c7)c7ccccc7n8-c7ccccc7)ccc5S6(=O)=O)cc4)cc3)cc21. The number of rotatable bonds is 7. The van der Waals surface area contributed by atoms with E-state index in [0.717, 1.165) is 66.8 Å². The van der Waals surface area contributed by atoms with Crippen molar-refractivity contribution in [2.75, 3.05) is 4.90 Å². The Morgan fingerprint density at radius 3 is 1.26 bits per heavy atom. The molecule has 0 atom stereocenters. The average molecular weight is 971 g/mol. The Bertz CT molecular complexity index is 4320. The molecule has 0 N–H and O–H groups in total. The van der Waals surface area contributed by atoms with E-state index in [2.05, 4.69) is 45.9 Å². The lowest BCUT2D eigenvalue weighted by Crippen LogP contribution is -2.20. The molecule has 0 saturated carbocycles. The number of fused-ring (bicyclic) bond motifs is 7. The number of benzene rings is 10. The van der Waals surface area contributed by atoms with Gasteiger partial charge < -0.3 is 9.47 Å². The molecular formula is C62H38N2O6S2. The lowest BCUT2D eigenvalue weighted by molar-refractivity contribution is 0.102. The van der Waals surface area contributed by atoms with Gasteiger partial charge in [0.2, 0.25) is 19.7 Å². The fourth-order valence-electron chi connectivity index (χ4n) is 10.4. The zero-order valence-corrected chi connectivity index (χ0v) is 39.7. The molecule has 0 unspecified atom stereocenters. The first-order valence-corrected chi connectivity index (χ1v) is 26.3. The normalized spacial score (nSPS) is 14.1. The number of ketones is 2. The summed E-state index contributed by atoms with van der Waals surface area (Å²) >= 11 is 0. The van der Waals surface area contributed by atoms with Gasteiger partial charge in [-0.15, -0.1) is 0 Å². The monoisotopic (exact) mass is 970 g/mol. The van der Waals surface area contributed by atoms with Crippen LogP contribution in [0.15, 0.2) is 250 Å². The van der Waals surface area contributed by atoms with E-state index in [-0.39, 0.29) is 53.4 Å². The molecule has 13 rings (SSSR count). The molecule has 11 aromatic rings. The third-order valence-corrected chi connectivity index (χ3v) is 17.7. The predicted octanol–water partition coefficient (Wildman–Crippen LogP) is 14.0. The number of carbonyl (C=O) groups excluding carboxylic acids is 2. The molecule has 1 aromatic heterocycles. The summed E-state index contributed by atoms with van der Waals surface area (Å²) in [6, 6.07) is 71.5. The maximum absolute atomic E-state index is 14.5. The van der Waals surface area contributed by atoms with Crippen molar-refractivity contribution in [3.8, 4) is 39.1 Å². The lowest BCUT2D eigenvalue weighted by atomic mass is 9.94. The maximum atomic E-state index is 14.5. The van der Waals surface area contributed by atoms with Crippen LogP contribution in [0.3, 0.4) is 0 Å². The average Bonchev–Trinajstić information content (AvgIpc) is 3.76. The van der Waals surface area contributed by atoms with Crippen molar-refractivity contribution in [1.82, 2.24) is 4.57 Å².